The van der Waals surface area contributed by atoms with Gasteiger partial charge in [0.05, 0.1) is 6.10 Å². The van der Waals surface area contributed by atoms with E-state index in [9.17, 15) is 10.2 Å². The highest BCUT2D eigenvalue weighted by molar-refractivity contribution is 7.74. The number of aliphatic hydroxyl groups excluding tert-OH is 2. The Bertz CT molecular complexity index is 1120. The number of hydrogen-bond donors (Lipinski definition) is 2. The first-order valence-electron chi connectivity index (χ1n) is 12.8. The molecule has 37 heavy (non-hydrogen) atoms. The minimum absolute atomic E-state index is 0. The Morgan fingerprint density at radius 2 is 1.00 bits per heavy atom. The highest BCUT2D eigenvalue weighted by Crippen LogP contribution is 2.55. The van der Waals surface area contributed by atoms with Crippen molar-refractivity contribution in [2.45, 2.75) is 24.6 Å². The molecule has 0 heterocycles. The van der Waals surface area contributed by atoms with E-state index in [1.165, 1.54) is 21.2 Å². The summed E-state index contributed by atoms with van der Waals surface area (Å²) in [6.07, 6.45) is 2.08. The summed E-state index contributed by atoms with van der Waals surface area (Å²) in [5.41, 5.74) is 0.355. The average molecular weight is 523 g/mol. The zero-order valence-corrected chi connectivity index (χ0v) is 22.8. The van der Waals surface area contributed by atoms with Crippen LogP contribution in [0.25, 0.3) is 0 Å². The van der Waals surface area contributed by atoms with E-state index < -0.39 is 15.8 Å². The van der Waals surface area contributed by atoms with E-state index in [-0.39, 0.29) is 27.0 Å². The Morgan fingerprint density at radius 1 is 0.595 bits per heavy atom. The highest BCUT2D eigenvalue weighted by Gasteiger charge is 2.46. The van der Waals surface area contributed by atoms with E-state index in [0.29, 0.717) is 18.0 Å². The lowest BCUT2D eigenvalue weighted by atomic mass is 9.93. The van der Waals surface area contributed by atoms with Crippen LogP contribution in [0.3, 0.4) is 0 Å². The summed E-state index contributed by atoms with van der Waals surface area (Å²) >= 11 is 0. The van der Waals surface area contributed by atoms with Crippen LogP contribution >= 0.6 is 15.8 Å². The van der Waals surface area contributed by atoms with Crippen molar-refractivity contribution in [2.24, 2.45) is 11.8 Å². The van der Waals surface area contributed by atoms with Gasteiger partial charge in [-0.1, -0.05) is 121 Å². The van der Waals surface area contributed by atoms with Crippen LogP contribution in [0.4, 0.5) is 0 Å². The molecule has 4 aromatic carbocycles. The van der Waals surface area contributed by atoms with Crippen LogP contribution in [0.1, 0.15) is 12.8 Å². The number of hydrogen-bond acceptors (Lipinski definition) is 2. The summed E-state index contributed by atoms with van der Waals surface area (Å²) in [5.74, 6) is 0.431. The molecule has 2 N–H and O–H groups in total. The number of rotatable bonds is 9. The van der Waals surface area contributed by atoms with Gasteiger partial charge < -0.3 is 10.2 Å². The van der Waals surface area contributed by atoms with E-state index in [4.69, 9.17) is 0 Å². The predicted octanol–water partition coefficient (Wildman–Crippen LogP) is 4.62. The maximum absolute atomic E-state index is 11.4. The Morgan fingerprint density at radius 3 is 1.41 bits per heavy atom. The molecule has 1 fully saturated rings. The molecule has 0 aromatic heterocycles. The van der Waals surface area contributed by atoms with Gasteiger partial charge in [-0.25, -0.2) is 0 Å². The first-order valence-corrected chi connectivity index (χ1v) is 15.8. The summed E-state index contributed by atoms with van der Waals surface area (Å²) in [6.45, 7) is 0.119. The molecule has 3 radical (unpaired) electrons. The third kappa shape index (κ3) is 6.42. The van der Waals surface area contributed by atoms with Crippen molar-refractivity contribution in [1.82, 2.24) is 0 Å². The van der Waals surface area contributed by atoms with Gasteiger partial charge in [0, 0.05) is 15.0 Å². The van der Waals surface area contributed by atoms with Crippen molar-refractivity contribution < 1.29 is 10.2 Å². The lowest BCUT2D eigenvalue weighted by Crippen LogP contribution is -2.32. The summed E-state index contributed by atoms with van der Waals surface area (Å²) in [4.78, 5) is 0. The Hall–Kier alpha value is -2.28. The van der Waals surface area contributed by atoms with Gasteiger partial charge in [0.25, 0.3) is 0 Å². The van der Waals surface area contributed by atoms with Crippen LogP contribution in [0.15, 0.2) is 121 Å². The molecule has 0 amide bonds. The molecule has 0 saturated heterocycles. The lowest BCUT2D eigenvalue weighted by molar-refractivity contribution is 0.100. The van der Waals surface area contributed by atoms with Crippen LogP contribution in [-0.2, 0) is 0 Å². The third-order valence-electron chi connectivity index (χ3n) is 7.41. The van der Waals surface area contributed by atoms with Crippen LogP contribution in [-0.4, -0.2) is 43.2 Å². The Kier molecular flexibility index (Phi) is 10.1. The molecular weight excluding hydrogens is 489 g/mol. The quantitative estimate of drug-likeness (QED) is 0.249. The van der Waals surface area contributed by atoms with Crippen LogP contribution < -0.4 is 21.2 Å². The Labute approximate surface area is 225 Å². The van der Waals surface area contributed by atoms with Gasteiger partial charge in [0.1, 0.15) is 0 Å². The van der Waals surface area contributed by atoms with Crippen molar-refractivity contribution in [3.63, 3.8) is 0 Å². The van der Waals surface area contributed by atoms with Crippen LogP contribution in [0.2, 0.25) is 0 Å². The zero-order chi connectivity index (χ0) is 24.7. The molecule has 0 bridgehead atoms. The molecule has 1 aliphatic carbocycles. The van der Waals surface area contributed by atoms with Crippen molar-refractivity contribution in [3.05, 3.63) is 121 Å². The second-order valence-corrected chi connectivity index (χ2v) is 14.2. The standard InChI is InChI=1S/C32H34O2P2.B/c33-22-21-29-30(24-35(25-13-5-1-6-14-25)26-15-7-2-8-16-26)32(23-31(29)34)36(27-17-9-3-10-18-27)28-19-11-4-12-20-28;/h1-20,29-34H,21-24H2;/t29?,30-,31?,32-;/m0./s1. The topological polar surface area (TPSA) is 40.5 Å². The monoisotopic (exact) mass is 523 g/mol. The van der Waals surface area contributed by atoms with Crippen molar-refractivity contribution in [1.29, 1.82) is 0 Å². The third-order valence-corrected chi connectivity index (χ3v) is 13.0. The first-order chi connectivity index (χ1) is 17.8. The normalized spacial score (nSPS) is 21.2. The van der Waals surface area contributed by atoms with E-state index in [1.54, 1.807) is 0 Å². The number of benzene rings is 4. The van der Waals surface area contributed by atoms with Crippen molar-refractivity contribution >= 4 is 45.5 Å². The second-order valence-electron chi connectivity index (χ2n) is 9.53. The van der Waals surface area contributed by atoms with Gasteiger partial charge in [0.2, 0.25) is 0 Å². The van der Waals surface area contributed by atoms with Crippen molar-refractivity contribution in [3.8, 4) is 0 Å². The van der Waals surface area contributed by atoms with Gasteiger partial charge in [-0.05, 0) is 73.6 Å². The molecule has 5 heteroatoms. The Balaban J connectivity index is 0.00000320. The molecule has 5 rings (SSSR count). The van der Waals surface area contributed by atoms with E-state index in [1.807, 2.05) is 0 Å². The maximum Gasteiger partial charge on any atom is 0.0578 e. The molecule has 1 saturated carbocycles. The lowest BCUT2D eigenvalue weighted by Gasteiger charge is -2.35. The average Bonchev–Trinajstić information content (AvgIpc) is 3.24. The molecule has 0 aliphatic heterocycles. The molecule has 2 unspecified atom stereocenters. The fraction of sp³-hybridized carbons (Fsp3) is 0.250. The second kappa shape index (κ2) is 13.5. The smallest absolute Gasteiger partial charge is 0.0578 e. The van der Waals surface area contributed by atoms with Crippen LogP contribution in [0.5, 0.6) is 0 Å². The SMILES string of the molecule is OCCC1C(O)C[C@H](P(c2ccccc2)c2ccccc2)[C@H]1CP(c1ccccc1)c1ccccc1.[B]. The molecule has 2 nitrogen and oxygen atoms in total. The van der Waals surface area contributed by atoms with E-state index in [0.717, 1.165) is 12.6 Å². The molecule has 187 valence electrons. The minimum Gasteiger partial charge on any atom is -0.396 e. The first kappa shape index (κ1) is 27.8. The summed E-state index contributed by atoms with van der Waals surface area (Å²) in [7, 11) is -1.24. The largest absolute Gasteiger partial charge is 0.396 e. The van der Waals surface area contributed by atoms with Gasteiger partial charge in [-0.2, -0.15) is 0 Å². The van der Waals surface area contributed by atoms with E-state index in [2.05, 4.69) is 121 Å². The molecule has 1 aliphatic rings. The molecule has 0 spiro atoms. The fourth-order valence-corrected chi connectivity index (χ4v) is 11.9. The van der Waals surface area contributed by atoms with Gasteiger partial charge in [0.15, 0.2) is 0 Å². The summed E-state index contributed by atoms with van der Waals surface area (Å²) in [6, 6.07) is 43.6. The van der Waals surface area contributed by atoms with Crippen molar-refractivity contribution in [2.75, 3.05) is 12.8 Å². The highest BCUT2D eigenvalue weighted by atomic mass is 31.1. The van der Waals surface area contributed by atoms with Gasteiger partial charge in [-0.15, -0.1) is 0 Å². The minimum atomic E-state index is -0.655. The maximum atomic E-state index is 11.4. The van der Waals surface area contributed by atoms with Gasteiger partial charge >= 0.3 is 0 Å². The summed E-state index contributed by atoms with van der Waals surface area (Å²) in [5, 5.41) is 26.9. The zero-order valence-electron chi connectivity index (χ0n) is 21.1. The van der Waals surface area contributed by atoms with E-state index >= 15 is 0 Å². The molecular formula is C32H34BO2P2. The molecule has 4 aromatic rings. The van der Waals surface area contributed by atoms with Crippen LogP contribution in [0, 0.1) is 11.8 Å². The summed E-state index contributed by atoms with van der Waals surface area (Å²) < 4.78 is 0. The number of aliphatic hydroxyl groups is 2. The molecule has 4 atom stereocenters. The predicted molar refractivity (Wildman–Crippen MR) is 162 cm³/mol. The van der Waals surface area contributed by atoms with Gasteiger partial charge in [-0.3, -0.25) is 0 Å². The fourth-order valence-electron chi connectivity index (χ4n) is 5.77.